The Hall–Kier alpha value is -0.630. The maximum Gasteiger partial charge on any atom is 0.327 e. The minimum absolute atomic E-state index is 0.204. The number of nitrogens with zero attached hydrogens (tertiary/aromatic N) is 2. The third-order valence-corrected chi connectivity index (χ3v) is 4.69. The molecule has 1 aromatic heterocycles. The Kier molecular flexibility index (Phi) is 5.83. The molecule has 0 amide bonds. The summed E-state index contributed by atoms with van der Waals surface area (Å²) in [4.78, 5) is 11.5. The fourth-order valence-electron chi connectivity index (χ4n) is 2.76. The summed E-state index contributed by atoms with van der Waals surface area (Å²) in [5, 5.41) is 7.94. The van der Waals surface area contributed by atoms with Gasteiger partial charge in [0.1, 0.15) is 6.54 Å². The molecule has 0 spiro atoms. The molecule has 1 fully saturated rings. The smallest absolute Gasteiger partial charge is 0.327 e. The fourth-order valence-corrected chi connectivity index (χ4v) is 3.63. The second-order valence-electron chi connectivity index (χ2n) is 5.20. The molecule has 1 aliphatic rings. The molecule has 0 unspecified atom stereocenters. The van der Waals surface area contributed by atoms with Crippen molar-refractivity contribution in [1.29, 1.82) is 0 Å². The van der Waals surface area contributed by atoms with E-state index in [9.17, 15) is 4.79 Å². The lowest BCUT2D eigenvalue weighted by atomic mass is 9.84. The van der Waals surface area contributed by atoms with E-state index in [2.05, 4.69) is 33.0 Å². The Balaban J connectivity index is 1.99. The van der Waals surface area contributed by atoms with Crippen molar-refractivity contribution in [2.45, 2.75) is 51.1 Å². The molecule has 0 aliphatic heterocycles. The lowest BCUT2D eigenvalue weighted by Crippen LogP contribution is -2.29. The van der Waals surface area contributed by atoms with Gasteiger partial charge in [0.25, 0.3) is 0 Å². The zero-order valence-electron chi connectivity index (χ0n) is 12.1. The SMILES string of the molecule is CCOC(=O)Cn1cc(I)c(C2CCC(NC)CC2)n1. The van der Waals surface area contributed by atoms with Crippen LogP contribution in [0.2, 0.25) is 0 Å². The molecule has 112 valence electrons. The van der Waals surface area contributed by atoms with Crippen molar-refractivity contribution in [3.8, 4) is 0 Å². The number of hydrogen-bond acceptors (Lipinski definition) is 4. The number of halogens is 1. The Morgan fingerprint density at radius 3 is 2.80 bits per heavy atom. The first kappa shape index (κ1) is 15.8. The van der Waals surface area contributed by atoms with Crippen LogP contribution in [0.4, 0.5) is 0 Å². The average Bonchev–Trinajstić information content (AvgIpc) is 2.80. The van der Waals surface area contributed by atoms with Crippen molar-refractivity contribution in [3.63, 3.8) is 0 Å². The molecule has 6 heteroatoms. The molecule has 0 aromatic carbocycles. The molecule has 0 saturated heterocycles. The van der Waals surface area contributed by atoms with Gasteiger partial charge in [-0.05, 0) is 62.2 Å². The molecule has 0 bridgehead atoms. The minimum Gasteiger partial charge on any atom is -0.465 e. The average molecular weight is 391 g/mol. The zero-order valence-corrected chi connectivity index (χ0v) is 14.2. The number of ether oxygens (including phenoxy) is 1. The summed E-state index contributed by atoms with van der Waals surface area (Å²) in [6.07, 6.45) is 6.66. The Morgan fingerprint density at radius 2 is 2.20 bits per heavy atom. The highest BCUT2D eigenvalue weighted by Gasteiger charge is 2.25. The van der Waals surface area contributed by atoms with E-state index in [1.807, 2.05) is 20.2 Å². The van der Waals surface area contributed by atoms with Crippen molar-refractivity contribution >= 4 is 28.6 Å². The highest BCUT2D eigenvalue weighted by atomic mass is 127. The predicted molar refractivity (Wildman–Crippen MR) is 85.6 cm³/mol. The van der Waals surface area contributed by atoms with Gasteiger partial charge >= 0.3 is 5.97 Å². The van der Waals surface area contributed by atoms with Crippen LogP contribution in [-0.2, 0) is 16.1 Å². The first-order valence-corrected chi connectivity index (χ1v) is 8.27. The summed E-state index contributed by atoms with van der Waals surface area (Å²) >= 11 is 2.32. The van der Waals surface area contributed by atoms with E-state index < -0.39 is 0 Å². The van der Waals surface area contributed by atoms with Crippen molar-refractivity contribution in [3.05, 3.63) is 15.5 Å². The van der Waals surface area contributed by atoms with Crippen LogP contribution >= 0.6 is 22.6 Å². The van der Waals surface area contributed by atoms with E-state index in [1.165, 1.54) is 12.8 Å². The van der Waals surface area contributed by atoms with E-state index in [0.717, 1.165) is 22.1 Å². The van der Waals surface area contributed by atoms with E-state index in [4.69, 9.17) is 4.74 Å². The second-order valence-corrected chi connectivity index (χ2v) is 6.36. The third kappa shape index (κ3) is 3.94. The van der Waals surface area contributed by atoms with Crippen molar-refractivity contribution in [1.82, 2.24) is 15.1 Å². The number of aromatic nitrogens is 2. The summed E-state index contributed by atoms with van der Waals surface area (Å²) in [6, 6.07) is 0.644. The van der Waals surface area contributed by atoms with Gasteiger partial charge in [-0.25, -0.2) is 0 Å². The lowest BCUT2D eigenvalue weighted by Gasteiger charge is -2.27. The number of esters is 1. The van der Waals surface area contributed by atoms with Crippen molar-refractivity contribution in [2.75, 3.05) is 13.7 Å². The van der Waals surface area contributed by atoms with Gasteiger partial charge in [0.15, 0.2) is 0 Å². The van der Waals surface area contributed by atoms with Crippen LogP contribution in [0.15, 0.2) is 6.20 Å². The number of hydrogen-bond donors (Lipinski definition) is 1. The lowest BCUT2D eigenvalue weighted by molar-refractivity contribution is -0.144. The maximum atomic E-state index is 11.5. The van der Waals surface area contributed by atoms with E-state index in [0.29, 0.717) is 18.6 Å². The molecule has 2 rings (SSSR count). The normalized spacial score (nSPS) is 22.8. The topological polar surface area (TPSA) is 56.1 Å². The molecule has 0 radical (unpaired) electrons. The van der Waals surface area contributed by atoms with Crippen molar-refractivity contribution in [2.24, 2.45) is 0 Å². The number of rotatable bonds is 5. The highest BCUT2D eigenvalue weighted by molar-refractivity contribution is 14.1. The predicted octanol–water partition coefficient (Wildman–Crippen LogP) is 2.30. The van der Waals surface area contributed by atoms with Gasteiger partial charge in [-0.3, -0.25) is 9.48 Å². The van der Waals surface area contributed by atoms with E-state index >= 15 is 0 Å². The Labute approximate surface area is 133 Å². The summed E-state index contributed by atoms with van der Waals surface area (Å²) in [5.41, 5.74) is 1.14. The van der Waals surface area contributed by atoms with E-state index in [1.54, 1.807) is 4.68 Å². The molecular weight excluding hydrogens is 369 g/mol. The molecule has 1 heterocycles. The standard InChI is InChI=1S/C14H22IN3O2/c1-3-20-13(19)9-18-8-12(15)14(17-18)10-4-6-11(16-2)7-5-10/h8,10-11,16H,3-7,9H2,1-2H3. The zero-order chi connectivity index (χ0) is 14.5. The quantitative estimate of drug-likeness (QED) is 0.618. The molecular formula is C14H22IN3O2. The third-order valence-electron chi connectivity index (χ3n) is 3.86. The van der Waals surface area contributed by atoms with Crippen LogP contribution in [0, 0.1) is 3.57 Å². The summed E-state index contributed by atoms with van der Waals surface area (Å²) in [6.45, 7) is 2.43. The van der Waals surface area contributed by atoms with E-state index in [-0.39, 0.29) is 12.5 Å². The minimum atomic E-state index is -0.225. The van der Waals surface area contributed by atoms with Crippen LogP contribution < -0.4 is 5.32 Å². The van der Waals surface area contributed by atoms with Gasteiger partial charge in [0.2, 0.25) is 0 Å². The molecule has 0 atom stereocenters. The van der Waals surface area contributed by atoms with Gasteiger partial charge in [-0.2, -0.15) is 5.10 Å². The van der Waals surface area contributed by atoms with Gasteiger partial charge in [-0.1, -0.05) is 0 Å². The molecule has 20 heavy (non-hydrogen) atoms. The molecule has 1 aliphatic carbocycles. The maximum absolute atomic E-state index is 11.5. The van der Waals surface area contributed by atoms with Gasteiger partial charge in [0, 0.05) is 18.2 Å². The number of carbonyl (C=O) groups is 1. The van der Waals surface area contributed by atoms with Gasteiger partial charge in [0.05, 0.1) is 15.9 Å². The summed E-state index contributed by atoms with van der Waals surface area (Å²) in [5.74, 6) is 0.298. The molecule has 1 N–H and O–H groups in total. The number of carbonyl (C=O) groups excluding carboxylic acids is 1. The first-order valence-electron chi connectivity index (χ1n) is 7.19. The summed E-state index contributed by atoms with van der Waals surface area (Å²) in [7, 11) is 2.03. The van der Waals surface area contributed by atoms with Crippen LogP contribution in [0.25, 0.3) is 0 Å². The van der Waals surface area contributed by atoms with Crippen LogP contribution in [0.3, 0.4) is 0 Å². The molecule has 1 saturated carbocycles. The van der Waals surface area contributed by atoms with Crippen molar-refractivity contribution < 1.29 is 9.53 Å². The summed E-state index contributed by atoms with van der Waals surface area (Å²) < 4.78 is 7.82. The van der Waals surface area contributed by atoms with Crippen LogP contribution in [-0.4, -0.2) is 35.4 Å². The van der Waals surface area contributed by atoms with Gasteiger partial charge < -0.3 is 10.1 Å². The van der Waals surface area contributed by atoms with Gasteiger partial charge in [-0.15, -0.1) is 0 Å². The Bertz CT molecular complexity index is 453. The highest BCUT2D eigenvalue weighted by Crippen LogP contribution is 2.34. The number of nitrogens with one attached hydrogen (secondary N) is 1. The first-order chi connectivity index (χ1) is 9.63. The molecule has 1 aromatic rings. The largest absolute Gasteiger partial charge is 0.465 e. The molecule has 5 nitrogen and oxygen atoms in total. The van der Waals surface area contributed by atoms with Crippen LogP contribution in [0.5, 0.6) is 0 Å². The second kappa shape index (κ2) is 7.40. The van der Waals surface area contributed by atoms with Crippen LogP contribution in [0.1, 0.15) is 44.2 Å². The Morgan fingerprint density at radius 1 is 1.50 bits per heavy atom. The fraction of sp³-hybridized carbons (Fsp3) is 0.714. The monoisotopic (exact) mass is 391 g/mol.